The molecule has 52 valence electrons. The Morgan fingerprint density at radius 1 is 2.00 bits per heavy atom. The molecule has 0 aliphatic carbocycles. The zero-order chi connectivity index (χ0) is 6.69. The van der Waals surface area contributed by atoms with Crippen molar-refractivity contribution < 1.29 is 9.47 Å². The van der Waals surface area contributed by atoms with E-state index in [9.17, 15) is 0 Å². The Morgan fingerprint density at radius 2 is 2.67 bits per heavy atom. The Balaban J connectivity index is 1.95. The lowest BCUT2D eigenvalue weighted by Crippen LogP contribution is -2.06. The number of hydrogen-bond acceptors (Lipinski definition) is 2. The predicted molar refractivity (Wildman–Crippen MR) is 43.7 cm³/mol. The highest BCUT2D eigenvalue weighted by molar-refractivity contribution is 14.1. The first-order chi connectivity index (χ1) is 4.33. The summed E-state index contributed by atoms with van der Waals surface area (Å²) in [5.74, 6) is 0. The van der Waals surface area contributed by atoms with Gasteiger partial charge in [-0.3, -0.25) is 0 Å². The number of hydrogen-bond donors (Lipinski definition) is 0. The first-order valence-corrected chi connectivity index (χ1v) is 4.07. The zero-order valence-corrected chi connectivity index (χ0v) is 7.21. The van der Waals surface area contributed by atoms with E-state index < -0.39 is 0 Å². The largest absolute Gasteiger partial charge is 0.371 e. The smallest absolute Gasteiger partial charge is 0.126 e. The Bertz CT molecular complexity index is 101. The molecule has 0 aromatic rings. The maximum Gasteiger partial charge on any atom is 0.126 e. The van der Waals surface area contributed by atoms with Gasteiger partial charge in [-0.1, -0.05) is 12.7 Å². The minimum absolute atomic E-state index is 0.131. The average Bonchev–Trinajstić information content (AvgIpc) is 2.65. The van der Waals surface area contributed by atoms with Crippen LogP contribution in [0.15, 0.2) is 12.7 Å². The number of halogens is 1. The molecule has 1 rings (SSSR count). The van der Waals surface area contributed by atoms with Crippen molar-refractivity contribution >= 4 is 22.6 Å². The first kappa shape index (κ1) is 7.50. The van der Waals surface area contributed by atoms with Crippen LogP contribution in [0.25, 0.3) is 0 Å². The molecule has 0 N–H and O–H groups in total. The molecule has 1 fully saturated rings. The molecule has 3 heteroatoms. The molecule has 1 aliphatic heterocycles. The molecule has 1 saturated heterocycles. The second kappa shape index (κ2) is 3.53. The monoisotopic (exact) mass is 240 g/mol. The van der Waals surface area contributed by atoms with E-state index in [-0.39, 0.29) is 4.11 Å². The van der Waals surface area contributed by atoms with Gasteiger partial charge in [0.25, 0.3) is 0 Å². The zero-order valence-electron chi connectivity index (χ0n) is 5.05. The SMILES string of the molecule is C=CC(I)OCC1CO1. The molecule has 0 aromatic carbocycles. The van der Waals surface area contributed by atoms with E-state index in [4.69, 9.17) is 9.47 Å². The molecule has 0 radical (unpaired) electrons. The summed E-state index contributed by atoms with van der Waals surface area (Å²) in [6.07, 6.45) is 2.13. The average molecular weight is 240 g/mol. The lowest BCUT2D eigenvalue weighted by molar-refractivity contribution is 0.130. The molecule has 0 bridgehead atoms. The number of ether oxygens (including phenoxy) is 2. The highest BCUT2D eigenvalue weighted by atomic mass is 127. The minimum Gasteiger partial charge on any atom is -0.371 e. The molecule has 0 spiro atoms. The third kappa shape index (κ3) is 3.17. The molecular formula is C6H9IO2. The van der Waals surface area contributed by atoms with Crippen LogP contribution in [0, 0.1) is 0 Å². The van der Waals surface area contributed by atoms with Crippen LogP contribution in [0.3, 0.4) is 0 Å². The van der Waals surface area contributed by atoms with Gasteiger partial charge in [0.15, 0.2) is 0 Å². The molecule has 1 aliphatic rings. The fourth-order valence-electron chi connectivity index (χ4n) is 0.432. The van der Waals surface area contributed by atoms with Crippen LogP contribution >= 0.6 is 22.6 Å². The summed E-state index contributed by atoms with van der Waals surface area (Å²) in [6, 6.07) is 0. The van der Waals surface area contributed by atoms with Crippen molar-refractivity contribution in [2.75, 3.05) is 13.2 Å². The fourth-order valence-corrected chi connectivity index (χ4v) is 0.639. The van der Waals surface area contributed by atoms with Gasteiger partial charge < -0.3 is 9.47 Å². The second-order valence-electron chi connectivity index (χ2n) is 1.88. The Morgan fingerprint density at radius 3 is 3.11 bits per heavy atom. The van der Waals surface area contributed by atoms with Gasteiger partial charge in [0.2, 0.25) is 0 Å². The second-order valence-corrected chi connectivity index (χ2v) is 3.10. The van der Waals surface area contributed by atoms with Crippen molar-refractivity contribution in [3.05, 3.63) is 12.7 Å². The molecule has 9 heavy (non-hydrogen) atoms. The van der Waals surface area contributed by atoms with E-state index in [2.05, 4.69) is 29.2 Å². The highest BCUT2D eigenvalue weighted by Gasteiger charge is 2.22. The molecule has 1 heterocycles. The van der Waals surface area contributed by atoms with E-state index in [1.165, 1.54) is 0 Å². The number of alkyl halides is 1. The van der Waals surface area contributed by atoms with Gasteiger partial charge in [0.05, 0.1) is 13.2 Å². The van der Waals surface area contributed by atoms with Gasteiger partial charge >= 0.3 is 0 Å². The van der Waals surface area contributed by atoms with E-state index in [0.717, 1.165) is 6.61 Å². The molecule has 0 aromatic heterocycles. The number of epoxide rings is 1. The van der Waals surface area contributed by atoms with Crippen molar-refractivity contribution in [2.24, 2.45) is 0 Å². The molecule has 0 saturated carbocycles. The number of rotatable bonds is 4. The Hall–Kier alpha value is 0.390. The topological polar surface area (TPSA) is 21.8 Å². The summed E-state index contributed by atoms with van der Waals surface area (Å²) in [4.78, 5) is 0. The van der Waals surface area contributed by atoms with Gasteiger partial charge in [-0.25, -0.2) is 0 Å². The van der Waals surface area contributed by atoms with Crippen LogP contribution in [-0.4, -0.2) is 23.4 Å². The Kier molecular flexibility index (Phi) is 2.94. The van der Waals surface area contributed by atoms with Crippen LogP contribution in [0.5, 0.6) is 0 Å². The summed E-state index contributed by atoms with van der Waals surface area (Å²) >= 11 is 2.17. The molecule has 0 amide bonds. The molecule has 2 nitrogen and oxygen atoms in total. The lowest BCUT2D eigenvalue weighted by atomic mass is 10.5. The van der Waals surface area contributed by atoms with Crippen LogP contribution in [-0.2, 0) is 9.47 Å². The quantitative estimate of drug-likeness (QED) is 0.320. The summed E-state index contributed by atoms with van der Waals surface area (Å²) in [5, 5.41) is 0. The third-order valence-electron chi connectivity index (χ3n) is 1.03. The first-order valence-electron chi connectivity index (χ1n) is 2.83. The van der Waals surface area contributed by atoms with E-state index >= 15 is 0 Å². The van der Waals surface area contributed by atoms with Gasteiger partial charge in [-0.15, -0.1) is 0 Å². The van der Waals surface area contributed by atoms with Gasteiger partial charge in [0, 0.05) is 0 Å². The summed E-state index contributed by atoms with van der Waals surface area (Å²) < 4.78 is 10.3. The van der Waals surface area contributed by atoms with Crippen LogP contribution in [0.4, 0.5) is 0 Å². The summed E-state index contributed by atoms with van der Waals surface area (Å²) in [5.41, 5.74) is 0. The maximum atomic E-state index is 5.26. The highest BCUT2D eigenvalue weighted by Crippen LogP contribution is 2.12. The van der Waals surface area contributed by atoms with Crippen molar-refractivity contribution in [2.45, 2.75) is 10.2 Å². The normalized spacial score (nSPS) is 27.4. The minimum atomic E-state index is 0.131. The standard InChI is InChI=1S/C6H9IO2/c1-2-6(7)9-4-5-3-8-5/h2,5-6H,1,3-4H2. The lowest BCUT2D eigenvalue weighted by Gasteiger charge is -2.02. The fraction of sp³-hybridized carbons (Fsp3) is 0.667. The molecular weight excluding hydrogens is 231 g/mol. The molecule has 2 unspecified atom stereocenters. The van der Waals surface area contributed by atoms with Crippen molar-refractivity contribution in [3.63, 3.8) is 0 Å². The van der Waals surface area contributed by atoms with Crippen molar-refractivity contribution in [1.29, 1.82) is 0 Å². The van der Waals surface area contributed by atoms with E-state index in [1.807, 2.05) is 0 Å². The summed E-state index contributed by atoms with van der Waals surface area (Å²) in [6.45, 7) is 5.16. The van der Waals surface area contributed by atoms with Crippen molar-refractivity contribution in [3.8, 4) is 0 Å². The van der Waals surface area contributed by atoms with E-state index in [1.54, 1.807) is 6.08 Å². The van der Waals surface area contributed by atoms with Crippen LogP contribution < -0.4 is 0 Å². The van der Waals surface area contributed by atoms with E-state index in [0.29, 0.717) is 12.7 Å². The van der Waals surface area contributed by atoms with Crippen LogP contribution in [0.1, 0.15) is 0 Å². The summed E-state index contributed by atoms with van der Waals surface area (Å²) in [7, 11) is 0. The van der Waals surface area contributed by atoms with Gasteiger partial charge in [-0.05, 0) is 22.6 Å². The maximum absolute atomic E-state index is 5.26. The van der Waals surface area contributed by atoms with Gasteiger partial charge in [-0.2, -0.15) is 0 Å². The van der Waals surface area contributed by atoms with Crippen molar-refractivity contribution in [1.82, 2.24) is 0 Å². The Labute approximate surface area is 68.4 Å². The predicted octanol–water partition coefficient (Wildman–Crippen LogP) is 1.35. The molecule has 2 atom stereocenters. The third-order valence-corrected chi connectivity index (χ3v) is 1.90. The van der Waals surface area contributed by atoms with Gasteiger partial charge in [0.1, 0.15) is 10.2 Å². The van der Waals surface area contributed by atoms with Crippen LogP contribution in [0.2, 0.25) is 0 Å².